The second-order valence-corrected chi connectivity index (χ2v) is 6.67. The highest BCUT2D eigenvalue weighted by atomic mass is 32.2. The van der Waals surface area contributed by atoms with E-state index in [-0.39, 0.29) is 23.5 Å². The van der Waals surface area contributed by atoms with Gasteiger partial charge in [-0.05, 0) is 25.5 Å². The van der Waals surface area contributed by atoms with Crippen LogP contribution in [0.2, 0.25) is 0 Å². The number of benzene rings is 1. The van der Waals surface area contributed by atoms with Crippen LogP contribution >= 0.6 is 0 Å². The maximum atomic E-state index is 11.9. The van der Waals surface area contributed by atoms with Gasteiger partial charge in [0.15, 0.2) is 9.84 Å². The van der Waals surface area contributed by atoms with Gasteiger partial charge in [0.1, 0.15) is 0 Å². The molecule has 1 amide bonds. The van der Waals surface area contributed by atoms with E-state index in [1.54, 1.807) is 12.1 Å². The zero-order chi connectivity index (χ0) is 12.5. The van der Waals surface area contributed by atoms with Crippen LogP contribution in [0.4, 0.5) is 0 Å². The van der Waals surface area contributed by atoms with Crippen LogP contribution in [0.1, 0.15) is 22.3 Å². The van der Waals surface area contributed by atoms with Crippen LogP contribution in [-0.2, 0) is 9.84 Å². The molecular weight excluding hydrogens is 238 g/mol. The van der Waals surface area contributed by atoms with Crippen molar-refractivity contribution in [3.63, 3.8) is 0 Å². The second-order valence-electron chi connectivity index (χ2n) is 4.44. The Hall–Kier alpha value is -1.36. The molecule has 1 saturated heterocycles. The number of amides is 1. The molecule has 1 heterocycles. The molecule has 0 bridgehead atoms. The minimum atomic E-state index is -2.95. The van der Waals surface area contributed by atoms with E-state index in [1.807, 2.05) is 19.1 Å². The van der Waals surface area contributed by atoms with Gasteiger partial charge in [-0.3, -0.25) is 4.79 Å². The van der Waals surface area contributed by atoms with Gasteiger partial charge >= 0.3 is 0 Å². The quantitative estimate of drug-likeness (QED) is 0.852. The van der Waals surface area contributed by atoms with Gasteiger partial charge in [0.25, 0.3) is 5.91 Å². The summed E-state index contributed by atoms with van der Waals surface area (Å²) in [5, 5.41) is 2.76. The van der Waals surface area contributed by atoms with Crippen molar-refractivity contribution in [2.24, 2.45) is 0 Å². The third-order valence-electron chi connectivity index (χ3n) is 2.85. The SMILES string of the molecule is Cc1cccc(C(=O)NC2CCS(=O)(=O)C2)c1. The normalized spacial score (nSPS) is 22.3. The van der Waals surface area contributed by atoms with Crippen molar-refractivity contribution in [1.82, 2.24) is 5.32 Å². The van der Waals surface area contributed by atoms with E-state index in [4.69, 9.17) is 0 Å². The van der Waals surface area contributed by atoms with Gasteiger partial charge in [-0.1, -0.05) is 17.7 Å². The molecular formula is C12H15NO3S. The maximum absolute atomic E-state index is 11.9. The lowest BCUT2D eigenvalue weighted by atomic mass is 10.1. The molecule has 1 unspecified atom stereocenters. The minimum absolute atomic E-state index is 0.0601. The number of carbonyl (C=O) groups excluding carboxylic acids is 1. The number of aryl methyl sites for hydroxylation is 1. The summed E-state index contributed by atoms with van der Waals surface area (Å²) in [6.45, 7) is 1.91. The van der Waals surface area contributed by atoms with Crippen molar-refractivity contribution in [1.29, 1.82) is 0 Å². The van der Waals surface area contributed by atoms with Gasteiger partial charge in [-0.2, -0.15) is 0 Å². The molecule has 0 saturated carbocycles. The highest BCUT2D eigenvalue weighted by molar-refractivity contribution is 7.91. The fourth-order valence-electron chi connectivity index (χ4n) is 1.96. The van der Waals surface area contributed by atoms with Crippen LogP contribution in [-0.4, -0.2) is 31.9 Å². The molecule has 0 spiro atoms. The first-order valence-electron chi connectivity index (χ1n) is 5.54. The standard InChI is InChI=1S/C12H15NO3S/c1-9-3-2-4-10(7-9)12(14)13-11-5-6-17(15,16)8-11/h2-4,7,11H,5-6,8H2,1H3,(H,13,14). The van der Waals surface area contributed by atoms with Gasteiger partial charge < -0.3 is 5.32 Å². The molecule has 0 aliphatic carbocycles. The number of hydrogen-bond donors (Lipinski definition) is 1. The monoisotopic (exact) mass is 253 g/mol. The van der Waals surface area contributed by atoms with Crippen molar-refractivity contribution >= 4 is 15.7 Å². The van der Waals surface area contributed by atoms with E-state index in [2.05, 4.69) is 5.32 Å². The van der Waals surface area contributed by atoms with E-state index in [0.717, 1.165) is 5.56 Å². The molecule has 5 heteroatoms. The molecule has 17 heavy (non-hydrogen) atoms. The number of hydrogen-bond acceptors (Lipinski definition) is 3. The summed E-state index contributed by atoms with van der Waals surface area (Å²) in [6.07, 6.45) is 0.514. The second kappa shape index (κ2) is 4.49. The fourth-order valence-corrected chi connectivity index (χ4v) is 3.64. The topological polar surface area (TPSA) is 63.2 Å². The number of sulfone groups is 1. The molecule has 1 atom stereocenters. The van der Waals surface area contributed by atoms with Gasteiger partial charge in [0.2, 0.25) is 0 Å². The summed E-state index contributed by atoms with van der Waals surface area (Å²) in [5.41, 5.74) is 1.59. The third-order valence-corrected chi connectivity index (χ3v) is 4.62. The van der Waals surface area contributed by atoms with E-state index in [1.165, 1.54) is 0 Å². The van der Waals surface area contributed by atoms with E-state index in [0.29, 0.717) is 12.0 Å². The van der Waals surface area contributed by atoms with Crippen molar-refractivity contribution in [3.05, 3.63) is 35.4 Å². The van der Waals surface area contributed by atoms with Crippen molar-refractivity contribution in [2.75, 3.05) is 11.5 Å². The number of nitrogens with one attached hydrogen (secondary N) is 1. The van der Waals surface area contributed by atoms with Crippen LogP contribution in [0.3, 0.4) is 0 Å². The lowest BCUT2D eigenvalue weighted by molar-refractivity contribution is 0.0941. The lowest BCUT2D eigenvalue weighted by Crippen LogP contribution is -2.35. The summed E-state index contributed by atoms with van der Waals surface area (Å²) in [4.78, 5) is 11.9. The van der Waals surface area contributed by atoms with Gasteiger partial charge in [-0.15, -0.1) is 0 Å². The van der Waals surface area contributed by atoms with Gasteiger partial charge in [0.05, 0.1) is 11.5 Å². The maximum Gasteiger partial charge on any atom is 0.251 e. The first kappa shape index (κ1) is 12.1. The summed E-state index contributed by atoms with van der Waals surface area (Å²) < 4.78 is 22.5. The first-order chi connectivity index (χ1) is 7.96. The Labute approximate surface area is 101 Å². The largest absolute Gasteiger partial charge is 0.348 e. The average Bonchev–Trinajstić information content (AvgIpc) is 2.58. The summed E-state index contributed by atoms with van der Waals surface area (Å²) in [6, 6.07) is 7.00. The molecule has 1 aromatic carbocycles. The average molecular weight is 253 g/mol. The Morgan fingerprint density at radius 2 is 2.18 bits per heavy atom. The number of carbonyl (C=O) groups is 1. The Bertz CT molecular complexity index is 536. The molecule has 0 aromatic heterocycles. The van der Waals surface area contributed by atoms with E-state index >= 15 is 0 Å². The smallest absolute Gasteiger partial charge is 0.251 e. The molecule has 4 nitrogen and oxygen atoms in total. The van der Waals surface area contributed by atoms with Crippen LogP contribution in [0.15, 0.2) is 24.3 Å². The molecule has 1 aromatic rings. The zero-order valence-electron chi connectivity index (χ0n) is 9.64. The lowest BCUT2D eigenvalue weighted by Gasteiger charge is -2.10. The zero-order valence-corrected chi connectivity index (χ0v) is 10.5. The number of rotatable bonds is 2. The Balaban J connectivity index is 2.03. The Kier molecular flexibility index (Phi) is 3.19. The summed E-state index contributed by atoms with van der Waals surface area (Å²) in [5.74, 6) is 0.0341. The predicted octanol–water partition coefficient (Wildman–Crippen LogP) is 0.912. The van der Waals surface area contributed by atoms with Crippen molar-refractivity contribution < 1.29 is 13.2 Å². The molecule has 2 rings (SSSR count). The van der Waals surface area contributed by atoms with Crippen LogP contribution in [0.5, 0.6) is 0 Å². The Morgan fingerprint density at radius 1 is 1.41 bits per heavy atom. The summed E-state index contributed by atoms with van der Waals surface area (Å²) >= 11 is 0. The van der Waals surface area contributed by atoms with Gasteiger partial charge in [0, 0.05) is 11.6 Å². The minimum Gasteiger partial charge on any atom is -0.348 e. The predicted molar refractivity (Wildman–Crippen MR) is 65.7 cm³/mol. The molecule has 1 fully saturated rings. The third kappa shape index (κ3) is 3.06. The van der Waals surface area contributed by atoms with Crippen LogP contribution in [0, 0.1) is 6.92 Å². The van der Waals surface area contributed by atoms with Crippen LogP contribution < -0.4 is 5.32 Å². The molecule has 1 aliphatic rings. The van der Waals surface area contributed by atoms with Gasteiger partial charge in [-0.25, -0.2) is 8.42 Å². The fraction of sp³-hybridized carbons (Fsp3) is 0.417. The van der Waals surface area contributed by atoms with Crippen LogP contribution in [0.25, 0.3) is 0 Å². The summed E-state index contributed by atoms with van der Waals surface area (Å²) in [7, 11) is -2.95. The van der Waals surface area contributed by atoms with E-state index < -0.39 is 9.84 Å². The highest BCUT2D eigenvalue weighted by Crippen LogP contribution is 2.12. The van der Waals surface area contributed by atoms with E-state index in [9.17, 15) is 13.2 Å². The van der Waals surface area contributed by atoms with Crippen molar-refractivity contribution in [2.45, 2.75) is 19.4 Å². The van der Waals surface area contributed by atoms with Crippen molar-refractivity contribution in [3.8, 4) is 0 Å². The molecule has 1 aliphatic heterocycles. The molecule has 0 radical (unpaired) electrons. The first-order valence-corrected chi connectivity index (χ1v) is 7.36. The molecule has 92 valence electrons. The molecule has 1 N–H and O–H groups in total. The highest BCUT2D eigenvalue weighted by Gasteiger charge is 2.29. The Morgan fingerprint density at radius 3 is 2.76 bits per heavy atom.